The van der Waals surface area contributed by atoms with Gasteiger partial charge in [-0.1, -0.05) is 48.5 Å². The molecule has 3 aromatic rings. The number of aryl methyl sites for hydroxylation is 1. The maximum absolute atomic E-state index is 11.9. The number of rotatable bonds is 8. The molecule has 0 aliphatic carbocycles. The van der Waals surface area contributed by atoms with Crippen LogP contribution in [0.5, 0.6) is 5.75 Å². The van der Waals surface area contributed by atoms with Gasteiger partial charge in [0.05, 0.1) is 12.8 Å². The van der Waals surface area contributed by atoms with Crippen LogP contribution in [0.4, 0.5) is 5.69 Å². The zero-order chi connectivity index (χ0) is 19.6. The average Bonchev–Trinajstić information content (AvgIpc) is 2.73. The van der Waals surface area contributed by atoms with E-state index in [0.29, 0.717) is 6.61 Å². The van der Waals surface area contributed by atoms with Crippen molar-refractivity contribution in [2.75, 3.05) is 11.9 Å². The highest BCUT2D eigenvalue weighted by Crippen LogP contribution is 2.14. The second kappa shape index (κ2) is 9.92. The molecule has 0 radical (unpaired) electrons. The van der Waals surface area contributed by atoms with Crippen molar-refractivity contribution in [3.8, 4) is 5.75 Å². The number of hydrogen-bond acceptors (Lipinski definition) is 4. The fourth-order valence-corrected chi connectivity index (χ4v) is 2.56. The van der Waals surface area contributed by atoms with Crippen molar-refractivity contribution in [2.24, 2.45) is 5.10 Å². The quantitative estimate of drug-likeness (QED) is 0.461. The zero-order valence-electron chi connectivity index (χ0n) is 15.8. The SMILES string of the molecule is Cc1ccccc1NCC(=O)NN=Cc1ccc(OCc2ccccc2)cc1. The molecule has 0 unspecified atom stereocenters. The number of carbonyl (C=O) groups is 1. The van der Waals surface area contributed by atoms with Crippen molar-refractivity contribution < 1.29 is 9.53 Å². The van der Waals surface area contributed by atoms with Gasteiger partial charge in [0.2, 0.25) is 0 Å². The van der Waals surface area contributed by atoms with Gasteiger partial charge in [0, 0.05) is 5.69 Å². The first kappa shape index (κ1) is 19.2. The number of benzene rings is 3. The van der Waals surface area contributed by atoms with E-state index >= 15 is 0 Å². The normalized spacial score (nSPS) is 10.6. The predicted octanol–water partition coefficient (Wildman–Crippen LogP) is 4.14. The molecule has 0 saturated carbocycles. The number of ether oxygens (including phenoxy) is 1. The standard InChI is InChI=1S/C23H23N3O2/c1-18-7-5-6-10-22(18)24-16-23(27)26-25-15-19-11-13-21(14-12-19)28-17-20-8-3-2-4-9-20/h2-15,24H,16-17H2,1H3,(H,26,27). The topological polar surface area (TPSA) is 62.7 Å². The van der Waals surface area contributed by atoms with E-state index in [-0.39, 0.29) is 12.5 Å². The van der Waals surface area contributed by atoms with Crippen molar-refractivity contribution in [1.82, 2.24) is 5.43 Å². The molecule has 3 rings (SSSR count). The number of amides is 1. The van der Waals surface area contributed by atoms with Crippen LogP contribution >= 0.6 is 0 Å². The van der Waals surface area contributed by atoms with Gasteiger partial charge in [-0.05, 0) is 53.9 Å². The van der Waals surface area contributed by atoms with Gasteiger partial charge in [-0.25, -0.2) is 5.43 Å². The molecule has 5 nitrogen and oxygen atoms in total. The Morgan fingerprint density at radius 1 is 0.964 bits per heavy atom. The lowest BCUT2D eigenvalue weighted by atomic mass is 10.2. The molecular formula is C23H23N3O2. The lowest BCUT2D eigenvalue weighted by Crippen LogP contribution is -2.26. The van der Waals surface area contributed by atoms with Gasteiger partial charge in [-0.2, -0.15) is 5.10 Å². The van der Waals surface area contributed by atoms with Gasteiger partial charge in [0.25, 0.3) is 5.91 Å². The van der Waals surface area contributed by atoms with Crippen LogP contribution in [0.2, 0.25) is 0 Å². The van der Waals surface area contributed by atoms with Gasteiger partial charge in [-0.15, -0.1) is 0 Å². The molecule has 2 N–H and O–H groups in total. The molecular weight excluding hydrogens is 350 g/mol. The molecule has 0 spiro atoms. The third kappa shape index (κ3) is 5.99. The molecule has 0 atom stereocenters. The van der Waals surface area contributed by atoms with E-state index < -0.39 is 0 Å². The first-order valence-corrected chi connectivity index (χ1v) is 9.09. The van der Waals surface area contributed by atoms with Gasteiger partial charge < -0.3 is 10.1 Å². The number of anilines is 1. The smallest absolute Gasteiger partial charge is 0.259 e. The molecule has 0 aliphatic heterocycles. The third-order valence-corrected chi connectivity index (χ3v) is 4.12. The van der Waals surface area contributed by atoms with Crippen LogP contribution in [0.3, 0.4) is 0 Å². The van der Waals surface area contributed by atoms with E-state index in [0.717, 1.165) is 28.1 Å². The van der Waals surface area contributed by atoms with Crippen molar-refractivity contribution in [3.05, 3.63) is 95.6 Å². The lowest BCUT2D eigenvalue weighted by molar-refractivity contribution is -0.119. The first-order valence-electron chi connectivity index (χ1n) is 9.09. The lowest BCUT2D eigenvalue weighted by Gasteiger charge is -2.08. The van der Waals surface area contributed by atoms with E-state index in [9.17, 15) is 4.79 Å². The van der Waals surface area contributed by atoms with Gasteiger partial charge in [-0.3, -0.25) is 4.79 Å². The summed E-state index contributed by atoms with van der Waals surface area (Å²) in [4.78, 5) is 11.9. The van der Waals surface area contributed by atoms with Gasteiger partial charge in [0.15, 0.2) is 0 Å². The van der Waals surface area contributed by atoms with Crippen LogP contribution in [0.1, 0.15) is 16.7 Å². The second-order valence-electron chi connectivity index (χ2n) is 6.30. The molecule has 142 valence electrons. The first-order chi connectivity index (χ1) is 13.7. The molecule has 0 aromatic heterocycles. The van der Waals surface area contributed by atoms with Crippen LogP contribution in [0.25, 0.3) is 0 Å². The van der Waals surface area contributed by atoms with E-state index in [4.69, 9.17) is 4.74 Å². The molecule has 5 heteroatoms. The summed E-state index contributed by atoms with van der Waals surface area (Å²) in [6, 6.07) is 25.4. The molecule has 1 amide bonds. The number of hydrazone groups is 1. The predicted molar refractivity (Wildman–Crippen MR) is 113 cm³/mol. The summed E-state index contributed by atoms with van der Waals surface area (Å²) >= 11 is 0. The van der Waals surface area contributed by atoms with E-state index in [2.05, 4.69) is 15.8 Å². The second-order valence-corrected chi connectivity index (χ2v) is 6.30. The van der Waals surface area contributed by atoms with E-state index in [1.54, 1.807) is 6.21 Å². The van der Waals surface area contributed by atoms with Crippen molar-refractivity contribution in [2.45, 2.75) is 13.5 Å². The Morgan fingerprint density at radius 2 is 1.68 bits per heavy atom. The largest absolute Gasteiger partial charge is 0.489 e. The number of nitrogens with one attached hydrogen (secondary N) is 2. The summed E-state index contributed by atoms with van der Waals surface area (Å²) in [6.45, 7) is 2.68. The summed E-state index contributed by atoms with van der Waals surface area (Å²) in [5.74, 6) is 0.579. The monoisotopic (exact) mass is 373 g/mol. The zero-order valence-corrected chi connectivity index (χ0v) is 15.8. The highest BCUT2D eigenvalue weighted by Gasteiger charge is 2.01. The number of hydrogen-bond donors (Lipinski definition) is 2. The van der Waals surface area contributed by atoms with E-state index in [1.807, 2.05) is 85.8 Å². The number of carbonyl (C=O) groups excluding carboxylic acids is 1. The highest BCUT2D eigenvalue weighted by molar-refractivity contribution is 5.84. The van der Waals surface area contributed by atoms with Gasteiger partial charge >= 0.3 is 0 Å². The maximum Gasteiger partial charge on any atom is 0.259 e. The minimum absolute atomic E-state index is 0.161. The maximum atomic E-state index is 11.9. The summed E-state index contributed by atoms with van der Waals surface area (Å²) in [6.07, 6.45) is 1.60. The van der Waals surface area contributed by atoms with E-state index in [1.165, 1.54) is 0 Å². The minimum Gasteiger partial charge on any atom is -0.489 e. The molecule has 0 aliphatic rings. The van der Waals surface area contributed by atoms with Crippen molar-refractivity contribution in [1.29, 1.82) is 0 Å². The Bertz CT molecular complexity index is 922. The number of nitrogens with zero attached hydrogens (tertiary/aromatic N) is 1. The Hall–Kier alpha value is -3.60. The molecule has 28 heavy (non-hydrogen) atoms. The van der Waals surface area contributed by atoms with Crippen LogP contribution < -0.4 is 15.5 Å². The summed E-state index contributed by atoms with van der Waals surface area (Å²) in [7, 11) is 0. The summed E-state index contributed by atoms with van der Waals surface area (Å²) in [5.41, 5.74) is 6.54. The third-order valence-electron chi connectivity index (χ3n) is 4.12. The molecule has 0 fully saturated rings. The minimum atomic E-state index is -0.206. The van der Waals surface area contributed by atoms with Crippen LogP contribution in [-0.4, -0.2) is 18.7 Å². The van der Waals surface area contributed by atoms with Crippen molar-refractivity contribution in [3.63, 3.8) is 0 Å². The Morgan fingerprint density at radius 3 is 2.43 bits per heavy atom. The molecule has 0 bridgehead atoms. The Labute approximate surface area is 165 Å². The summed E-state index contributed by atoms with van der Waals surface area (Å²) < 4.78 is 5.75. The molecule has 0 saturated heterocycles. The van der Waals surface area contributed by atoms with Gasteiger partial charge in [0.1, 0.15) is 12.4 Å². The summed E-state index contributed by atoms with van der Waals surface area (Å²) in [5, 5.41) is 7.09. The Balaban J connectivity index is 1.42. The van der Waals surface area contributed by atoms with Crippen LogP contribution in [-0.2, 0) is 11.4 Å². The molecule has 0 heterocycles. The highest BCUT2D eigenvalue weighted by atomic mass is 16.5. The molecule has 3 aromatic carbocycles. The van der Waals surface area contributed by atoms with Crippen LogP contribution in [0, 0.1) is 6.92 Å². The number of para-hydroxylation sites is 1. The Kier molecular flexibility index (Phi) is 6.79. The van der Waals surface area contributed by atoms with Crippen molar-refractivity contribution >= 4 is 17.8 Å². The average molecular weight is 373 g/mol. The fraction of sp³-hybridized carbons (Fsp3) is 0.130. The van der Waals surface area contributed by atoms with Crippen LogP contribution in [0.15, 0.2) is 84.0 Å². The fourth-order valence-electron chi connectivity index (χ4n) is 2.56.